The molecule has 1 amide bonds. The van der Waals surface area contributed by atoms with E-state index in [4.69, 9.17) is 4.74 Å². The fraction of sp³-hybridized carbons (Fsp3) is 0.429. The lowest BCUT2D eigenvalue weighted by Crippen LogP contribution is -2.25. The van der Waals surface area contributed by atoms with Gasteiger partial charge in [0, 0.05) is 29.6 Å². The van der Waals surface area contributed by atoms with E-state index >= 15 is 0 Å². The normalized spacial score (nSPS) is 14.1. The second kappa shape index (κ2) is 5.76. The van der Waals surface area contributed by atoms with Crippen LogP contribution in [0.25, 0.3) is 0 Å². The molecule has 1 aliphatic rings. The molecule has 20 heavy (non-hydrogen) atoms. The molecule has 1 aliphatic heterocycles. The number of aromatic nitrogens is 2. The Labute approximate surface area is 121 Å². The van der Waals surface area contributed by atoms with Crippen molar-refractivity contribution in [3.63, 3.8) is 0 Å². The molecule has 0 spiro atoms. The van der Waals surface area contributed by atoms with E-state index in [1.807, 2.05) is 29.2 Å². The summed E-state index contributed by atoms with van der Waals surface area (Å²) in [5.41, 5.74) is 3.27. The Morgan fingerprint density at radius 1 is 1.60 bits per heavy atom. The van der Waals surface area contributed by atoms with Crippen molar-refractivity contribution in [1.29, 1.82) is 0 Å². The Morgan fingerprint density at radius 3 is 3.30 bits per heavy atom. The first-order valence-electron chi connectivity index (χ1n) is 6.64. The molecular formula is C14H17N3O2S. The van der Waals surface area contributed by atoms with Crippen LogP contribution in [0.5, 0.6) is 0 Å². The standard InChI is InChI=1S/C14H17N3O2S/c1-17-13-4-5-19-9-11(13)12(16-17)8-15-14(18)7-10-3-2-6-20-10/h2-3,6H,4-5,7-9H2,1H3,(H,15,18). The van der Waals surface area contributed by atoms with E-state index in [1.165, 1.54) is 5.69 Å². The number of thiophene rings is 1. The third kappa shape index (κ3) is 2.76. The Morgan fingerprint density at radius 2 is 2.50 bits per heavy atom. The van der Waals surface area contributed by atoms with Crippen LogP contribution in [0.3, 0.4) is 0 Å². The SMILES string of the molecule is Cn1nc(CNC(=O)Cc2cccs2)c2c1CCOC2. The van der Waals surface area contributed by atoms with E-state index in [-0.39, 0.29) is 5.91 Å². The van der Waals surface area contributed by atoms with E-state index in [0.29, 0.717) is 19.6 Å². The summed E-state index contributed by atoms with van der Waals surface area (Å²) in [6.07, 6.45) is 1.32. The summed E-state index contributed by atoms with van der Waals surface area (Å²) in [5, 5.41) is 9.40. The largest absolute Gasteiger partial charge is 0.376 e. The molecule has 3 heterocycles. The van der Waals surface area contributed by atoms with Gasteiger partial charge in [0.25, 0.3) is 0 Å². The first-order valence-corrected chi connectivity index (χ1v) is 7.52. The summed E-state index contributed by atoms with van der Waals surface area (Å²) >= 11 is 1.60. The molecule has 0 radical (unpaired) electrons. The fourth-order valence-corrected chi connectivity index (χ4v) is 3.15. The lowest BCUT2D eigenvalue weighted by atomic mass is 10.1. The minimum absolute atomic E-state index is 0.0311. The molecular weight excluding hydrogens is 274 g/mol. The summed E-state index contributed by atoms with van der Waals surface area (Å²) in [4.78, 5) is 13.0. The zero-order valence-electron chi connectivity index (χ0n) is 11.4. The van der Waals surface area contributed by atoms with Crippen LogP contribution in [0, 0.1) is 0 Å². The topological polar surface area (TPSA) is 56.2 Å². The zero-order chi connectivity index (χ0) is 13.9. The fourth-order valence-electron chi connectivity index (χ4n) is 2.44. The predicted molar refractivity (Wildman–Crippen MR) is 76.4 cm³/mol. The number of hydrogen-bond acceptors (Lipinski definition) is 4. The highest BCUT2D eigenvalue weighted by atomic mass is 32.1. The van der Waals surface area contributed by atoms with Gasteiger partial charge in [-0.3, -0.25) is 9.48 Å². The number of carbonyl (C=O) groups excluding carboxylic acids is 1. The third-order valence-electron chi connectivity index (χ3n) is 3.46. The quantitative estimate of drug-likeness (QED) is 0.926. The predicted octanol–water partition coefficient (Wildman–Crippen LogP) is 1.41. The van der Waals surface area contributed by atoms with Gasteiger partial charge in [-0.05, 0) is 11.4 Å². The van der Waals surface area contributed by atoms with E-state index in [2.05, 4.69) is 10.4 Å². The average molecular weight is 291 g/mol. The van der Waals surface area contributed by atoms with Crippen LogP contribution >= 0.6 is 11.3 Å². The van der Waals surface area contributed by atoms with Crippen molar-refractivity contribution >= 4 is 17.2 Å². The van der Waals surface area contributed by atoms with Gasteiger partial charge in [-0.1, -0.05) is 6.07 Å². The molecule has 106 valence electrons. The van der Waals surface area contributed by atoms with Crippen molar-refractivity contribution in [2.24, 2.45) is 7.05 Å². The van der Waals surface area contributed by atoms with Crippen molar-refractivity contribution in [2.45, 2.75) is 26.0 Å². The van der Waals surface area contributed by atoms with Gasteiger partial charge in [-0.2, -0.15) is 5.10 Å². The number of hydrogen-bond donors (Lipinski definition) is 1. The van der Waals surface area contributed by atoms with Gasteiger partial charge < -0.3 is 10.1 Å². The molecule has 0 fully saturated rings. The Bertz CT molecular complexity index is 604. The number of rotatable bonds is 4. The molecule has 0 atom stereocenters. The number of nitrogens with one attached hydrogen (secondary N) is 1. The van der Waals surface area contributed by atoms with Gasteiger partial charge >= 0.3 is 0 Å². The summed E-state index contributed by atoms with van der Waals surface area (Å²) in [6, 6.07) is 3.93. The second-order valence-electron chi connectivity index (χ2n) is 4.83. The molecule has 5 nitrogen and oxygen atoms in total. The summed E-state index contributed by atoms with van der Waals surface area (Å²) < 4.78 is 7.38. The minimum atomic E-state index is 0.0311. The Kier molecular flexibility index (Phi) is 3.84. The molecule has 2 aromatic heterocycles. The first-order chi connectivity index (χ1) is 9.74. The van der Waals surface area contributed by atoms with Crippen LogP contribution < -0.4 is 5.32 Å². The van der Waals surface area contributed by atoms with Crippen LogP contribution in [0.15, 0.2) is 17.5 Å². The molecule has 0 unspecified atom stereocenters. The van der Waals surface area contributed by atoms with E-state index in [9.17, 15) is 4.79 Å². The van der Waals surface area contributed by atoms with Gasteiger partial charge in [0.2, 0.25) is 5.91 Å². The zero-order valence-corrected chi connectivity index (χ0v) is 12.2. The maximum Gasteiger partial charge on any atom is 0.225 e. The second-order valence-corrected chi connectivity index (χ2v) is 5.86. The molecule has 6 heteroatoms. The van der Waals surface area contributed by atoms with E-state index in [0.717, 1.165) is 29.2 Å². The van der Waals surface area contributed by atoms with Crippen LogP contribution in [-0.4, -0.2) is 22.3 Å². The molecule has 3 rings (SSSR count). The molecule has 0 aliphatic carbocycles. The number of nitrogens with zero attached hydrogens (tertiary/aromatic N) is 2. The summed E-state index contributed by atoms with van der Waals surface area (Å²) in [5.74, 6) is 0.0311. The number of ether oxygens (including phenoxy) is 1. The van der Waals surface area contributed by atoms with Gasteiger partial charge in [-0.25, -0.2) is 0 Å². The number of carbonyl (C=O) groups is 1. The highest BCUT2D eigenvalue weighted by Crippen LogP contribution is 2.20. The van der Waals surface area contributed by atoms with Gasteiger partial charge in [0.1, 0.15) is 0 Å². The van der Waals surface area contributed by atoms with E-state index in [1.54, 1.807) is 11.3 Å². The number of amides is 1. The maximum atomic E-state index is 11.9. The highest BCUT2D eigenvalue weighted by molar-refractivity contribution is 7.10. The molecule has 0 bridgehead atoms. The van der Waals surface area contributed by atoms with Crippen molar-refractivity contribution in [3.8, 4) is 0 Å². The molecule has 0 saturated carbocycles. The van der Waals surface area contributed by atoms with Gasteiger partial charge in [0.15, 0.2) is 0 Å². The number of fused-ring (bicyclic) bond motifs is 1. The molecule has 2 aromatic rings. The first kappa shape index (κ1) is 13.3. The summed E-state index contributed by atoms with van der Waals surface area (Å²) in [7, 11) is 1.95. The average Bonchev–Trinajstić information content (AvgIpc) is 3.06. The molecule has 0 saturated heterocycles. The smallest absolute Gasteiger partial charge is 0.225 e. The molecule has 0 aromatic carbocycles. The monoisotopic (exact) mass is 291 g/mol. The van der Waals surface area contributed by atoms with Crippen LogP contribution in [0.4, 0.5) is 0 Å². The van der Waals surface area contributed by atoms with Crippen LogP contribution in [0.1, 0.15) is 21.8 Å². The van der Waals surface area contributed by atoms with Crippen molar-refractivity contribution < 1.29 is 9.53 Å². The lowest BCUT2D eigenvalue weighted by molar-refractivity contribution is -0.120. The lowest BCUT2D eigenvalue weighted by Gasteiger charge is -2.13. The van der Waals surface area contributed by atoms with Crippen molar-refractivity contribution in [2.75, 3.05) is 6.61 Å². The number of aryl methyl sites for hydroxylation is 1. The summed E-state index contributed by atoms with van der Waals surface area (Å²) in [6.45, 7) is 1.81. The van der Waals surface area contributed by atoms with Crippen LogP contribution in [0.2, 0.25) is 0 Å². The Balaban J connectivity index is 1.62. The Hall–Kier alpha value is -1.66. The maximum absolute atomic E-state index is 11.9. The minimum Gasteiger partial charge on any atom is -0.376 e. The highest BCUT2D eigenvalue weighted by Gasteiger charge is 2.19. The van der Waals surface area contributed by atoms with Crippen molar-refractivity contribution in [1.82, 2.24) is 15.1 Å². The molecule has 1 N–H and O–H groups in total. The van der Waals surface area contributed by atoms with Crippen molar-refractivity contribution in [3.05, 3.63) is 39.3 Å². The van der Waals surface area contributed by atoms with Gasteiger partial charge in [0.05, 0.1) is 31.9 Å². The van der Waals surface area contributed by atoms with Crippen LogP contribution in [-0.2, 0) is 42.6 Å². The third-order valence-corrected chi connectivity index (χ3v) is 4.33. The van der Waals surface area contributed by atoms with E-state index < -0.39 is 0 Å². The van der Waals surface area contributed by atoms with Gasteiger partial charge in [-0.15, -0.1) is 11.3 Å².